The van der Waals surface area contributed by atoms with Gasteiger partial charge >= 0.3 is 0 Å². The van der Waals surface area contributed by atoms with Gasteiger partial charge in [-0.2, -0.15) is 0 Å². The normalized spacial score (nSPS) is 10.5. The zero-order valence-corrected chi connectivity index (χ0v) is 14.5. The van der Waals surface area contributed by atoms with Crippen LogP contribution in [-0.2, 0) is 0 Å². The van der Waals surface area contributed by atoms with Crippen LogP contribution < -0.4 is 16.4 Å². The van der Waals surface area contributed by atoms with Crippen LogP contribution in [0.3, 0.4) is 0 Å². The van der Waals surface area contributed by atoms with E-state index in [4.69, 9.17) is 40.5 Å². The van der Waals surface area contributed by atoms with Crippen molar-refractivity contribution in [2.75, 3.05) is 16.4 Å². The Hall–Kier alpha value is -2.21. The molecule has 3 rings (SSSR count). The van der Waals surface area contributed by atoms with Crippen molar-refractivity contribution in [2.45, 2.75) is 0 Å². The summed E-state index contributed by atoms with van der Waals surface area (Å²) in [5, 5.41) is 7.88. The van der Waals surface area contributed by atoms with Gasteiger partial charge in [0.2, 0.25) is 0 Å². The number of rotatable bonds is 4. The Labute approximate surface area is 153 Å². The predicted molar refractivity (Wildman–Crippen MR) is 101 cm³/mol. The molecule has 0 radical (unpaired) electrons. The molecule has 0 saturated heterocycles. The summed E-state index contributed by atoms with van der Waals surface area (Å²) in [4.78, 5) is 8.32. The van der Waals surface area contributed by atoms with Crippen LogP contribution in [0.15, 0.2) is 48.8 Å². The van der Waals surface area contributed by atoms with Crippen molar-refractivity contribution in [3.05, 3.63) is 63.9 Å². The van der Waals surface area contributed by atoms with Crippen molar-refractivity contribution < 1.29 is 0 Å². The summed E-state index contributed by atoms with van der Waals surface area (Å²) in [6.45, 7) is 0. The summed E-state index contributed by atoms with van der Waals surface area (Å²) in [6.07, 6.45) is 1.41. The largest absolute Gasteiger partial charge is 0.393 e. The molecule has 0 aliphatic heterocycles. The molecule has 0 spiro atoms. The van der Waals surface area contributed by atoms with Crippen molar-refractivity contribution in [1.29, 1.82) is 0 Å². The van der Waals surface area contributed by atoms with E-state index < -0.39 is 0 Å². The number of hydrogen-bond acceptors (Lipinski definition) is 5. The molecule has 5 nitrogen and oxygen atoms in total. The third-order valence-electron chi connectivity index (χ3n) is 3.12. The zero-order chi connectivity index (χ0) is 17.1. The van der Waals surface area contributed by atoms with Crippen LogP contribution in [0.1, 0.15) is 0 Å². The molecule has 0 unspecified atom stereocenters. The number of halogens is 3. The smallest absolute Gasteiger partial charge is 0.159 e. The summed E-state index contributed by atoms with van der Waals surface area (Å²) >= 11 is 17.9. The average molecular weight is 381 g/mol. The van der Waals surface area contributed by atoms with E-state index in [-0.39, 0.29) is 0 Å². The summed E-state index contributed by atoms with van der Waals surface area (Å²) in [6, 6.07) is 12.3. The number of benzene rings is 2. The summed E-state index contributed by atoms with van der Waals surface area (Å²) < 4.78 is 0. The lowest BCUT2D eigenvalue weighted by Gasteiger charge is -2.13. The molecule has 8 heteroatoms. The maximum atomic E-state index is 6.14. The Bertz CT molecular complexity index is 848. The van der Waals surface area contributed by atoms with Crippen molar-refractivity contribution in [3.63, 3.8) is 0 Å². The second-order valence-electron chi connectivity index (χ2n) is 4.90. The number of nitrogens with zero attached hydrogens (tertiary/aromatic N) is 2. The molecular formula is C16H12Cl3N5. The first kappa shape index (κ1) is 16.6. The number of anilines is 5. The molecule has 0 atom stereocenters. The number of nitrogen functional groups attached to an aromatic ring is 1. The third kappa shape index (κ3) is 4.00. The lowest BCUT2D eigenvalue weighted by molar-refractivity contribution is 1.17. The molecule has 122 valence electrons. The van der Waals surface area contributed by atoms with Gasteiger partial charge in [0.25, 0.3) is 0 Å². The molecule has 24 heavy (non-hydrogen) atoms. The number of nitrogens with two attached hydrogens (primary N) is 1. The van der Waals surface area contributed by atoms with Gasteiger partial charge in [-0.25, -0.2) is 9.97 Å². The highest BCUT2D eigenvalue weighted by Crippen LogP contribution is 2.30. The van der Waals surface area contributed by atoms with Gasteiger partial charge in [-0.3, -0.25) is 0 Å². The van der Waals surface area contributed by atoms with Gasteiger partial charge < -0.3 is 16.4 Å². The Kier molecular flexibility index (Phi) is 4.94. The van der Waals surface area contributed by atoms with Crippen LogP contribution in [0.5, 0.6) is 0 Å². The minimum Gasteiger partial charge on any atom is -0.393 e. The number of nitrogens with one attached hydrogen (secondary N) is 2. The van der Waals surface area contributed by atoms with E-state index >= 15 is 0 Å². The highest BCUT2D eigenvalue weighted by Gasteiger charge is 2.09. The fourth-order valence-corrected chi connectivity index (χ4v) is 2.68. The molecule has 0 bridgehead atoms. The van der Waals surface area contributed by atoms with E-state index in [9.17, 15) is 0 Å². The zero-order valence-electron chi connectivity index (χ0n) is 12.2. The highest BCUT2D eigenvalue weighted by molar-refractivity contribution is 6.35. The molecule has 2 aromatic carbocycles. The van der Waals surface area contributed by atoms with E-state index in [1.54, 1.807) is 30.3 Å². The number of aromatic nitrogens is 2. The molecular weight excluding hydrogens is 369 g/mol. The van der Waals surface area contributed by atoms with E-state index in [1.807, 2.05) is 12.1 Å². The fourth-order valence-electron chi connectivity index (χ4n) is 2.03. The molecule has 0 aliphatic carbocycles. The minimum absolute atomic E-state index is 0.364. The quantitative estimate of drug-likeness (QED) is 0.556. The van der Waals surface area contributed by atoms with Crippen molar-refractivity contribution >= 4 is 63.5 Å². The van der Waals surface area contributed by atoms with Gasteiger partial charge in [0, 0.05) is 26.4 Å². The van der Waals surface area contributed by atoms with Crippen molar-refractivity contribution in [3.8, 4) is 0 Å². The molecule has 0 amide bonds. The van der Waals surface area contributed by atoms with Gasteiger partial charge in [0.15, 0.2) is 11.6 Å². The molecule has 3 aromatic rings. The second kappa shape index (κ2) is 7.13. The summed E-state index contributed by atoms with van der Waals surface area (Å²) in [5.41, 5.74) is 7.99. The summed E-state index contributed by atoms with van der Waals surface area (Å²) in [5.74, 6) is 0.919. The van der Waals surface area contributed by atoms with Crippen LogP contribution in [0.2, 0.25) is 15.1 Å². The van der Waals surface area contributed by atoms with Gasteiger partial charge in [0.05, 0.1) is 0 Å². The summed E-state index contributed by atoms with van der Waals surface area (Å²) in [7, 11) is 0. The van der Waals surface area contributed by atoms with Crippen LogP contribution in [0.4, 0.5) is 28.7 Å². The predicted octanol–water partition coefficient (Wildman–Crippen LogP) is 5.51. The molecule has 0 saturated carbocycles. The fraction of sp³-hybridized carbons (Fsp3) is 0. The number of hydrogen-bond donors (Lipinski definition) is 3. The Morgan fingerprint density at radius 3 is 1.83 bits per heavy atom. The topological polar surface area (TPSA) is 75.9 Å². The van der Waals surface area contributed by atoms with Gasteiger partial charge in [-0.15, -0.1) is 0 Å². The first-order chi connectivity index (χ1) is 11.5. The monoisotopic (exact) mass is 379 g/mol. The first-order valence-electron chi connectivity index (χ1n) is 6.87. The SMILES string of the molecule is Nc1c(Nc2ccc(Cl)cc2)ncnc1Nc1cc(Cl)cc(Cl)c1. The third-order valence-corrected chi connectivity index (χ3v) is 3.80. The molecule has 1 heterocycles. The average Bonchev–Trinajstić information content (AvgIpc) is 2.52. The second-order valence-corrected chi connectivity index (χ2v) is 6.21. The lowest BCUT2D eigenvalue weighted by atomic mass is 10.3. The van der Waals surface area contributed by atoms with Crippen molar-refractivity contribution in [1.82, 2.24) is 9.97 Å². The van der Waals surface area contributed by atoms with E-state index in [2.05, 4.69) is 20.6 Å². The molecule has 0 fully saturated rings. The maximum absolute atomic E-state index is 6.14. The van der Waals surface area contributed by atoms with Crippen LogP contribution >= 0.6 is 34.8 Å². The Morgan fingerprint density at radius 1 is 0.708 bits per heavy atom. The Balaban J connectivity index is 1.86. The Morgan fingerprint density at radius 2 is 1.25 bits per heavy atom. The standard InChI is InChI=1S/C16H12Cl3N5/c17-9-1-3-12(4-2-9)23-15-14(20)16(22-8-21-15)24-13-6-10(18)5-11(19)7-13/h1-8H,20H2,(H2,21,22,23,24). The van der Waals surface area contributed by atoms with E-state index in [0.29, 0.717) is 38.1 Å². The van der Waals surface area contributed by atoms with Crippen LogP contribution in [-0.4, -0.2) is 9.97 Å². The van der Waals surface area contributed by atoms with Gasteiger partial charge in [0.1, 0.15) is 12.0 Å². The van der Waals surface area contributed by atoms with Gasteiger partial charge in [-0.1, -0.05) is 34.8 Å². The first-order valence-corrected chi connectivity index (χ1v) is 8.01. The van der Waals surface area contributed by atoms with E-state index in [1.165, 1.54) is 6.33 Å². The van der Waals surface area contributed by atoms with Gasteiger partial charge in [-0.05, 0) is 42.5 Å². The van der Waals surface area contributed by atoms with Crippen LogP contribution in [0.25, 0.3) is 0 Å². The van der Waals surface area contributed by atoms with Crippen molar-refractivity contribution in [2.24, 2.45) is 0 Å². The molecule has 0 aliphatic rings. The highest BCUT2D eigenvalue weighted by atomic mass is 35.5. The lowest BCUT2D eigenvalue weighted by Crippen LogP contribution is -2.05. The molecule has 4 N–H and O–H groups in total. The van der Waals surface area contributed by atoms with E-state index in [0.717, 1.165) is 5.69 Å². The molecule has 1 aromatic heterocycles. The van der Waals surface area contributed by atoms with Crippen LogP contribution in [0, 0.1) is 0 Å². The minimum atomic E-state index is 0.364. The maximum Gasteiger partial charge on any atom is 0.159 e.